The molecule has 66 valence electrons. The van der Waals surface area contributed by atoms with Crippen LogP contribution in [0.3, 0.4) is 0 Å². The Morgan fingerprint density at radius 3 is 1.67 bits per heavy atom. The molecular formula is C8H14N4. The molecule has 1 rings (SSSR count). The highest BCUT2D eigenvalue weighted by Crippen LogP contribution is 2.03. The van der Waals surface area contributed by atoms with Crippen LogP contribution in [0, 0.1) is 0 Å². The molecule has 0 aromatic carbocycles. The third-order valence-corrected chi connectivity index (χ3v) is 1.37. The summed E-state index contributed by atoms with van der Waals surface area (Å²) in [7, 11) is 0. The molecule has 0 bridgehead atoms. The Morgan fingerprint density at radius 1 is 1.00 bits per heavy atom. The molecule has 0 amide bonds. The largest absolute Gasteiger partial charge is 0.369 e. The van der Waals surface area contributed by atoms with Gasteiger partial charge in [0.2, 0.25) is 0 Å². The van der Waals surface area contributed by atoms with Crippen LogP contribution < -0.4 is 10.6 Å². The number of nitrogens with one attached hydrogen (secondary N) is 2. The summed E-state index contributed by atoms with van der Waals surface area (Å²) in [4.78, 5) is 8.30. The quantitative estimate of drug-likeness (QED) is 0.708. The minimum atomic E-state index is 0.819. The highest BCUT2D eigenvalue weighted by atomic mass is 15.1. The van der Waals surface area contributed by atoms with Gasteiger partial charge in [-0.1, -0.05) is 0 Å². The highest BCUT2D eigenvalue weighted by molar-refractivity contribution is 5.38. The van der Waals surface area contributed by atoms with Gasteiger partial charge in [-0.05, 0) is 13.8 Å². The van der Waals surface area contributed by atoms with Gasteiger partial charge in [-0.3, -0.25) is 0 Å². The summed E-state index contributed by atoms with van der Waals surface area (Å²) in [5.74, 6) is 1.64. The lowest BCUT2D eigenvalue weighted by Gasteiger charge is -2.03. The Bertz CT molecular complexity index is 194. The lowest BCUT2D eigenvalue weighted by Crippen LogP contribution is -2.03. The molecular weight excluding hydrogens is 152 g/mol. The molecule has 0 unspecified atom stereocenters. The standard InChI is InChI=1S/C8H14N4/c1-3-9-7-5-12-8(6-11-7)10-4-2/h5-6H,3-4H2,1-2H3,(H,9,11)(H,10,12). The Balaban J connectivity index is 2.58. The van der Waals surface area contributed by atoms with Crippen molar-refractivity contribution in [3.8, 4) is 0 Å². The van der Waals surface area contributed by atoms with Crippen molar-refractivity contribution in [3.63, 3.8) is 0 Å². The van der Waals surface area contributed by atoms with E-state index in [-0.39, 0.29) is 0 Å². The number of aromatic nitrogens is 2. The van der Waals surface area contributed by atoms with Crippen LogP contribution in [0.15, 0.2) is 12.4 Å². The molecule has 1 aromatic heterocycles. The molecule has 4 heteroatoms. The highest BCUT2D eigenvalue weighted by Gasteiger charge is 1.92. The maximum atomic E-state index is 4.15. The van der Waals surface area contributed by atoms with Crippen molar-refractivity contribution in [1.82, 2.24) is 9.97 Å². The molecule has 0 saturated carbocycles. The zero-order valence-corrected chi connectivity index (χ0v) is 7.46. The van der Waals surface area contributed by atoms with Gasteiger partial charge in [-0.2, -0.15) is 0 Å². The lowest BCUT2D eigenvalue weighted by atomic mass is 10.6. The Kier molecular flexibility index (Phi) is 3.32. The molecule has 0 radical (unpaired) electrons. The van der Waals surface area contributed by atoms with Crippen molar-refractivity contribution in [2.24, 2.45) is 0 Å². The summed E-state index contributed by atoms with van der Waals surface area (Å²) >= 11 is 0. The molecule has 0 spiro atoms. The summed E-state index contributed by atoms with van der Waals surface area (Å²) in [6.07, 6.45) is 3.45. The summed E-state index contributed by atoms with van der Waals surface area (Å²) in [5, 5.41) is 6.15. The molecule has 0 aliphatic carbocycles. The molecule has 0 aliphatic rings. The van der Waals surface area contributed by atoms with Gasteiger partial charge in [-0.25, -0.2) is 9.97 Å². The predicted molar refractivity (Wildman–Crippen MR) is 50.4 cm³/mol. The van der Waals surface area contributed by atoms with E-state index in [1.807, 2.05) is 13.8 Å². The zero-order chi connectivity index (χ0) is 8.81. The van der Waals surface area contributed by atoms with E-state index in [0.717, 1.165) is 24.7 Å². The lowest BCUT2D eigenvalue weighted by molar-refractivity contribution is 1.09. The smallest absolute Gasteiger partial charge is 0.144 e. The van der Waals surface area contributed by atoms with E-state index < -0.39 is 0 Å². The number of hydrogen-bond donors (Lipinski definition) is 2. The van der Waals surface area contributed by atoms with E-state index in [9.17, 15) is 0 Å². The minimum absolute atomic E-state index is 0.819. The van der Waals surface area contributed by atoms with Gasteiger partial charge in [0, 0.05) is 13.1 Å². The van der Waals surface area contributed by atoms with Crippen molar-refractivity contribution in [1.29, 1.82) is 0 Å². The van der Waals surface area contributed by atoms with Crippen LogP contribution in [0.25, 0.3) is 0 Å². The van der Waals surface area contributed by atoms with Gasteiger partial charge in [0.25, 0.3) is 0 Å². The summed E-state index contributed by atoms with van der Waals surface area (Å²) in [5.41, 5.74) is 0. The van der Waals surface area contributed by atoms with Crippen LogP contribution in [0.1, 0.15) is 13.8 Å². The maximum absolute atomic E-state index is 4.15. The van der Waals surface area contributed by atoms with Crippen LogP contribution >= 0.6 is 0 Å². The topological polar surface area (TPSA) is 49.8 Å². The van der Waals surface area contributed by atoms with Gasteiger partial charge in [0.15, 0.2) is 0 Å². The second-order valence-electron chi connectivity index (χ2n) is 2.35. The Hall–Kier alpha value is -1.32. The average molecular weight is 166 g/mol. The summed E-state index contributed by atoms with van der Waals surface area (Å²) in [6, 6.07) is 0. The van der Waals surface area contributed by atoms with Gasteiger partial charge >= 0.3 is 0 Å². The molecule has 2 N–H and O–H groups in total. The fourth-order valence-corrected chi connectivity index (χ4v) is 0.873. The average Bonchev–Trinajstić information content (AvgIpc) is 2.09. The van der Waals surface area contributed by atoms with Crippen LogP contribution in [0.5, 0.6) is 0 Å². The van der Waals surface area contributed by atoms with Crippen molar-refractivity contribution in [2.75, 3.05) is 23.7 Å². The fraction of sp³-hybridized carbons (Fsp3) is 0.500. The van der Waals surface area contributed by atoms with Crippen LogP contribution in [-0.4, -0.2) is 23.1 Å². The van der Waals surface area contributed by atoms with Gasteiger partial charge < -0.3 is 10.6 Å². The van der Waals surface area contributed by atoms with Crippen molar-refractivity contribution in [2.45, 2.75) is 13.8 Å². The Labute approximate surface area is 72.4 Å². The first-order valence-electron chi connectivity index (χ1n) is 4.16. The van der Waals surface area contributed by atoms with Crippen LogP contribution in [0.2, 0.25) is 0 Å². The van der Waals surface area contributed by atoms with E-state index in [0.29, 0.717) is 0 Å². The molecule has 0 fully saturated rings. The SMILES string of the molecule is CCNc1cnc(NCC)cn1. The second kappa shape index (κ2) is 4.54. The first-order valence-corrected chi connectivity index (χ1v) is 4.16. The molecule has 12 heavy (non-hydrogen) atoms. The van der Waals surface area contributed by atoms with Crippen molar-refractivity contribution < 1.29 is 0 Å². The second-order valence-corrected chi connectivity index (χ2v) is 2.35. The predicted octanol–water partition coefficient (Wildman–Crippen LogP) is 1.34. The normalized spacial score (nSPS) is 9.50. The van der Waals surface area contributed by atoms with E-state index in [2.05, 4.69) is 20.6 Å². The van der Waals surface area contributed by atoms with E-state index in [1.165, 1.54) is 0 Å². The zero-order valence-electron chi connectivity index (χ0n) is 7.46. The molecule has 0 aliphatic heterocycles. The number of nitrogens with zero attached hydrogens (tertiary/aromatic N) is 2. The van der Waals surface area contributed by atoms with Crippen molar-refractivity contribution >= 4 is 11.6 Å². The summed E-state index contributed by atoms with van der Waals surface area (Å²) < 4.78 is 0. The monoisotopic (exact) mass is 166 g/mol. The first kappa shape index (κ1) is 8.77. The number of hydrogen-bond acceptors (Lipinski definition) is 4. The number of anilines is 2. The van der Waals surface area contributed by atoms with E-state index >= 15 is 0 Å². The molecule has 0 saturated heterocycles. The van der Waals surface area contributed by atoms with E-state index in [4.69, 9.17) is 0 Å². The first-order chi connectivity index (χ1) is 5.86. The maximum Gasteiger partial charge on any atom is 0.144 e. The molecule has 1 aromatic rings. The number of rotatable bonds is 4. The van der Waals surface area contributed by atoms with Gasteiger partial charge in [-0.15, -0.1) is 0 Å². The Morgan fingerprint density at radius 2 is 1.42 bits per heavy atom. The summed E-state index contributed by atoms with van der Waals surface area (Å²) in [6.45, 7) is 5.80. The third-order valence-electron chi connectivity index (χ3n) is 1.37. The molecule has 4 nitrogen and oxygen atoms in total. The van der Waals surface area contributed by atoms with Gasteiger partial charge in [0.05, 0.1) is 12.4 Å². The third kappa shape index (κ3) is 2.38. The molecule has 1 heterocycles. The van der Waals surface area contributed by atoms with E-state index in [1.54, 1.807) is 12.4 Å². The molecule has 0 atom stereocenters. The minimum Gasteiger partial charge on any atom is -0.369 e. The van der Waals surface area contributed by atoms with Gasteiger partial charge in [0.1, 0.15) is 11.6 Å². The van der Waals surface area contributed by atoms with Crippen molar-refractivity contribution in [3.05, 3.63) is 12.4 Å². The fourth-order valence-electron chi connectivity index (χ4n) is 0.873. The van der Waals surface area contributed by atoms with Crippen LogP contribution in [0.4, 0.5) is 11.6 Å². The van der Waals surface area contributed by atoms with Crippen LogP contribution in [-0.2, 0) is 0 Å².